The highest BCUT2D eigenvalue weighted by Crippen LogP contribution is 2.15. The fourth-order valence-electron chi connectivity index (χ4n) is 3.35. The molecule has 3 rings (SSSR count). The molecule has 0 aliphatic carbocycles. The summed E-state index contributed by atoms with van der Waals surface area (Å²) in [5.74, 6) is 0.305. The number of amides is 2. The minimum Gasteiger partial charge on any atom is -0.342 e. The van der Waals surface area contributed by atoms with Crippen LogP contribution in [-0.4, -0.2) is 72.3 Å². The Balaban J connectivity index is 1.48. The number of rotatable bonds is 3. The highest BCUT2D eigenvalue weighted by atomic mass is 79.9. The highest BCUT2D eigenvalue weighted by molar-refractivity contribution is 9.10. The molecule has 24 heavy (non-hydrogen) atoms. The van der Waals surface area contributed by atoms with E-state index >= 15 is 0 Å². The standard InChI is InChI=1S/C18H24BrN3O2/c19-16-6-4-5-15(13-16)18(24)22-11-9-20(10-12-22)14-17(23)21-7-2-1-3-8-21/h4-6,13H,1-3,7-12,14H2. The van der Waals surface area contributed by atoms with Gasteiger partial charge in [0.1, 0.15) is 0 Å². The topological polar surface area (TPSA) is 43.9 Å². The zero-order chi connectivity index (χ0) is 16.9. The molecule has 130 valence electrons. The van der Waals surface area contributed by atoms with Gasteiger partial charge in [0, 0.05) is 49.3 Å². The van der Waals surface area contributed by atoms with E-state index in [-0.39, 0.29) is 11.8 Å². The van der Waals surface area contributed by atoms with Crippen LogP contribution in [0.2, 0.25) is 0 Å². The van der Waals surface area contributed by atoms with Crippen molar-refractivity contribution >= 4 is 27.7 Å². The van der Waals surface area contributed by atoms with E-state index in [1.807, 2.05) is 34.1 Å². The van der Waals surface area contributed by atoms with Gasteiger partial charge in [0.15, 0.2) is 0 Å². The Kier molecular flexibility index (Phi) is 5.89. The molecule has 0 radical (unpaired) electrons. The first-order chi connectivity index (χ1) is 11.6. The van der Waals surface area contributed by atoms with Crippen molar-refractivity contribution in [1.29, 1.82) is 0 Å². The van der Waals surface area contributed by atoms with Gasteiger partial charge in [0.05, 0.1) is 6.54 Å². The van der Waals surface area contributed by atoms with E-state index in [1.165, 1.54) is 6.42 Å². The molecule has 6 heteroatoms. The molecule has 0 unspecified atom stereocenters. The second kappa shape index (κ2) is 8.12. The fourth-order valence-corrected chi connectivity index (χ4v) is 3.75. The molecule has 0 atom stereocenters. The second-order valence-corrected chi connectivity index (χ2v) is 7.44. The average molecular weight is 394 g/mol. The van der Waals surface area contributed by atoms with Gasteiger partial charge in [0.25, 0.3) is 5.91 Å². The van der Waals surface area contributed by atoms with Crippen molar-refractivity contribution in [2.75, 3.05) is 45.8 Å². The number of piperidine rings is 1. The van der Waals surface area contributed by atoms with Crippen LogP contribution in [-0.2, 0) is 4.79 Å². The van der Waals surface area contributed by atoms with E-state index in [0.29, 0.717) is 25.2 Å². The van der Waals surface area contributed by atoms with Crippen molar-refractivity contribution in [2.24, 2.45) is 0 Å². The first-order valence-corrected chi connectivity index (χ1v) is 9.48. The number of carbonyl (C=O) groups is 2. The highest BCUT2D eigenvalue weighted by Gasteiger charge is 2.25. The molecule has 2 aliphatic rings. The summed E-state index contributed by atoms with van der Waals surface area (Å²) in [5, 5.41) is 0. The van der Waals surface area contributed by atoms with Gasteiger partial charge in [-0.25, -0.2) is 0 Å². The molecule has 2 saturated heterocycles. The van der Waals surface area contributed by atoms with Crippen LogP contribution in [0.1, 0.15) is 29.6 Å². The SMILES string of the molecule is O=C(CN1CCN(C(=O)c2cccc(Br)c2)CC1)N1CCCCC1. The third-order valence-electron chi connectivity index (χ3n) is 4.80. The Bertz CT molecular complexity index is 594. The van der Waals surface area contributed by atoms with Gasteiger partial charge in [-0.05, 0) is 37.5 Å². The van der Waals surface area contributed by atoms with Gasteiger partial charge in [-0.1, -0.05) is 22.0 Å². The predicted octanol–water partition coefficient (Wildman–Crippen LogP) is 2.22. The summed E-state index contributed by atoms with van der Waals surface area (Å²) in [6.45, 7) is 5.18. The Morgan fingerprint density at radius 2 is 1.62 bits per heavy atom. The summed E-state index contributed by atoms with van der Waals surface area (Å²) < 4.78 is 0.916. The van der Waals surface area contributed by atoms with Crippen LogP contribution in [0.25, 0.3) is 0 Å². The van der Waals surface area contributed by atoms with Gasteiger partial charge in [-0.15, -0.1) is 0 Å². The Morgan fingerprint density at radius 3 is 2.29 bits per heavy atom. The minimum absolute atomic E-state index is 0.0679. The molecule has 1 aromatic carbocycles. The zero-order valence-electron chi connectivity index (χ0n) is 13.9. The number of likely N-dealkylation sites (tertiary alicyclic amines) is 1. The van der Waals surface area contributed by atoms with Crippen LogP contribution in [0, 0.1) is 0 Å². The number of hydrogen-bond donors (Lipinski definition) is 0. The zero-order valence-corrected chi connectivity index (χ0v) is 15.5. The number of halogens is 1. The lowest BCUT2D eigenvalue weighted by atomic mass is 10.1. The quantitative estimate of drug-likeness (QED) is 0.790. The molecular formula is C18H24BrN3O2. The van der Waals surface area contributed by atoms with Crippen molar-refractivity contribution in [3.63, 3.8) is 0 Å². The maximum Gasteiger partial charge on any atom is 0.253 e. The maximum absolute atomic E-state index is 12.5. The minimum atomic E-state index is 0.0679. The van der Waals surface area contributed by atoms with Gasteiger partial charge >= 0.3 is 0 Å². The van der Waals surface area contributed by atoms with E-state index < -0.39 is 0 Å². The van der Waals surface area contributed by atoms with Crippen LogP contribution >= 0.6 is 15.9 Å². The molecule has 2 heterocycles. The van der Waals surface area contributed by atoms with E-state index in [0.717, 1.165) is 43.5 Å². The van der Waals surface area contributed by atoms with E-state index in [1.54, 1.807) is 0 Å². The molecule has 1 aromatic rings. The second-order valence-electron chi connectivity index (χ2n) is 6.52. The molecule has 0 spiro atoms. The lowest BCUT2D eigenvalue weighted by Gasteiger charge is -2.36. The van der Waals surface area contributed by atoms with Gasteiger partial charge in [0.2, 0.25) is 5.91 Å². The van der Waals surface area contributed by atoms with Crippen molar-refractivity contribution in [1.82, 2.24) is 14.7 Å². The Morgan fingerprint density at radius 1 is 0.917 bits per heavy atom. The van der Waals surface area contributed by atoms with E-state index in [2.05, 4.69) is 20.8 Å². The molecule has 0 saturated carbocycles. The average Bonchev–Trinajstić information content (AvgIpc) is 2.62. The summed E-state index contributed by atoms with van der Waals surface area (Å²) in [6.07, 6.45) is 3.49. The summed E-state index contributed by atoms with van der Waals surface area (Å²) in [4.78, 5) is 30.9. The molecule has 2 aliphatic heterocycles. The molecule has 0 N–H and O–H groups in total. The number of hydrogen-bond acceptors (Lipinski definition) is 3. The summed E-state index contributed by atoms with van der Waals surface area (Å²) in [6, 6.07) is 7.50. The Labute approximate surface area is 151 Å². The molecule has 0 aromatic heterocycles. The largest absolute Gasteiger partial charge is 0.342 e. The van der Waals surface area contributed by atoms with Gasteiger partial charge in [-0.3, -0.25) is 14.5 Å². The summed E-state index contributed by atoms with van der Waals surface area (Å²) in [7, 11) is 0. The van der Waals surface area contributed by atoms with E-state index in [9.17, 15) is 9.59 Å². The van der Waals surface area contributed by atoms with Crippen molar-refractivity contribution in [3.8, 4) is 0 Å². The summed E-state index contributed by atoms with van der Waals surface area (Å²) in [5.41, 5.74) is 0.710. The summed E-state index contributed by atoms with van der Waals surface area (Å²) >= 11 is 3.41. The smallest absolute Gasteiger partial charge is 0.253 e. The third kappa shape index (κ3) is 4.36. The van der Waals surface area contributed by atoms with Crippen LogP contribution < -0.4 is 0 Å². The van der Waals surface area contributed by atoms with Crippen molar-refractivity contribution < 1.29 is 9.59 Å². The van der Waals surface area contributed by atoms with Crippen LogP contribution in [0.4, 0.5) is 0 Å². The third-order valence-corrected chi connectivity index (χ3v) is 5.29. The van der Waals surface area contributed by atoms with Crippen LogP contribution in [0.5, 0.6) is 0 Å². The Hall–Kier alpha value is -1.40. The molecule has 5 nitrogen and oxygen atoms in total. The number of piperazine rings is 1. The molecule has 2 fully saturated rings. The first kappa shape index (κ1) is 17.4. The lowest BCUT2D eigenvalue weighted by molar-refractivity contribution is -0.133. The monoisotopic (exact) mass is 393 g/mol. The van der Waals surface area contributed by atoms with Gasteiger partial charge < -0.3 is 9.80 Å². The first-order valence-electron chi connectivity index (χ1n) is 8.68. The fraction of sp³-hybridized carbons (Fsp3) is 0.556. The molecule has 0 bridgehead atoms. The van der Waals surface area contributed by atoms with Crippen molar-refractivity contribution in [3.05, 3.63) is 34.3 Å². The normalized spacial score (nSPS) is 19.4. The van der Waals surface area contributed by atoms with Crippen LogP contribution in [0.3, 0.4) is 0 Å². The van der Waals surface area contributed by atoms with Gasteiger partial charge in [-0.2, -0.15) is 0 Å². The molecular weight excluding hydrogens is 370 g/mol. The number of benzene rings is 1. The van der Waals surface area contributed by atoms with E-state index in [4.69, 9.17) is 0 Å². The predicted molar refractivity (Wildman–Crippen MR) is 96.9 cm³/mol. The number of nitrogens with zero attached hydrogens (tertiary/aromatic N) is 3. The maximum atomic E-state index is 12.5. The van der Waals surface area contributed by atoms with Crippen molar-refractivity contribution in [2.45, 2.75) is 19.3 Å². The molecule has 2 amide bonds. The van der Waals surface area contributed by atoms with Crippen LogP contribution in [0.15, 0.2) is 28.7 Å². The number of carbonyl (C=O) groups excluding carboxylic acids is 2. The lowest BCUT2D eigenvalue weighted by Crippen LogP contribution is -2.52.